The van der Waals surface area contributed by atoms with Crippen LogP contribution in [0.25, 0.3) is 44.4 Å². The number of halogens is 4. The Labute approximate surface area is 311 Å². The van der Waals surface area contributed by atoms with E-state index in [4.69, 9.17) is 11.6 Å². The molecule has 0 N–H and O–H groups in total. The maximum absolute atomic E-state index is 15.1. The molecule has 6 aromatic rings. The normalized spacial score (nSPS) is 11.5. The summed E-state index contributed by atoms with van der Waals surface area (Å²) in [5.74, 6) is -0.488. The topological polar surface area (TPSA) is 52.5 Å². The summed E-state index contributed by atoms with van der Waals surface area (Å²) >= 11 is 8.31. The monoisotopic (exact) mass is 729 g/mol. The molecule has 0 amide bonds. The summed E-state index contributed by atoms with van der Waals surface area (Å²) in [4.78, 5) is 0.658. The zero-order valence-electron chi connectivity index (χ0n) is 29.0. The van der Waals surface area contributed by atoms with E-state index in [0.29, 0.717) is 43.2 Å². The zero-order valence-corrected chi connectivity index (χ0v) is 30.6. The summed E-state index contributed by atoms with van der Waals surface area (Å²) in [6.45, 7) is 10.9. The Morgan fingerprint density at radius 3 is 2.17 bits per heavy atom. The van der Waals surface area contributed by atoms with Crippen molar-refractivity contribution in [2.24, 2.45) is 0 Å². The van der Waals surface area contributed by atoms with E-state index in [1.54, 1.807) is 36.4 Å². The van der Waals surface area contributed by atoms with E-state index in [9.17, 15) is 19.3 Å². The van der Waals surface area contributed by atoms with Gasteiger partial charge in [0.2, 0.25) is 0 Å². The van der Waals surface area contributed by atoms with E-state index < -0.39 is 12.2 Å². The molecule has 0 radical (unpaired) electrons. The Bertz CT molecular complexity index is 2370. The summed E-state index contributed by atoms with van der Waals surface area (Å²) in [5.41, 5.74) is 6.80. The number of allylic oxidation sites excluding steroid dienone is 1. The highest BCUT2D eigenvalue weighted by Crippen LogP contribution is 2.48. The van der Waals surface area contributed by atoms with Crippen molar-refractivity contribution in [3.8, 4) is 45.6 Å². The number of aromatic nitrogens is 1. The highest BCUT2D eigenvalue weighted by Gasteiger charge is 2.27. The molecule has 0 atom stereocenters. The number of hydrogen-bond acceptors (Lipinski definition) is 3. The Balaban J connectivity index is 1.59. The minimum atomic E-state index is -2.61. The molecule has 0 aliphatic rings. The van der Waals surface area contributed by atoms with E-state index in [-0.39, 0.29) is 22.1 Å². The van der Waals surface area contributed by atoms with Gasteiger partial charge in [0.25, 0.3) is 6.43 Å². The lowest BCUT2D eigenvalue weighted by molar-refractivity contribution is 0.151. The molecule has 52 heavy (non-hydrogen) atoms. The van der Waals surface area contributed by atoms with Crippen LogP contribution in [0.5, 0.6) is 0 Å². The van der Waals surface area contributed by atoms with Crippen LogP contribution >= 0.6 is 23.5 Å². The molecule has 0 unspecified atom stereocenters. The number of nitrogens with zero attached hydrogens (tertiary/aromatic N) is 3. The molecule has 0 saturated carbocycles. The third-order valence-corrected chi connectivity index (χ3v) is 11.0. The van der Waals surface area contributed by atoms with Crippen molar-refractivity contribution in [3.05, 3.63) is 148 Å². The van der Waals surface area contributed by atoms with Gasteiger partial charge in [-0.05, 0) is 90.5 Å². The van der Waals surface area contributed by atoms with Gasteiger partial charge in [-0.2, -0.15) is 10.5 Å². The van der Waals surface area contributed by atoms with Gasteiger partial charge in [-0.3, -0.25) is 3.97 Å². The molecule has 6 rings (SSSR count). The summed E-state index contributed by atoms with van der Waals surface area (Å²) in [5, 5.41) is 21.6. The first-order valence-electron chi connectivity index (χ1n) is 16.9. The van der Waals surface area contributed by atoms with E-state index in [1.807, 2.05) is 40.4 Å². The van der Waals surface area contributed by atoms with E-state index >= 15 is 4.39 Å². The molecule has 8 heteroatoms. The summed E-state index contributed by atoms with van der Waals surface area (Å²) < 4.78 is 43.9. The number of fused-ring (bicyclic) bond motifs is 1. The lowest BCUT2D eigenvalue weighted by Gasteiger charge is -2.29. The van der Waals surface area contributed by atoms with Crippen molar-refractivity contribution < 1.29 is 13.2 Å². The second-order valence-electron chi connectivity index (χ2n) is 13.2. The largest absolute Gasteiger partial charge is 0.279 e. The van der Waals surface area contributed by atoms with Gasteiger partial charge in [-0.15, -0.1) is 0 Å². The molecule has 1 heterocycles. The molecule has 0 spiro atoms. The first kappa shape index (κ1) is 36.6. The fourth-order valence-corrected chi connectivity index (χ4v) is 7.81. The van der Waals surface area contributed by atoms with Crippen LogP contribution in [0.15, 0.2) is 120 Å². The second kappa shape index (κ2) is 15.2. The molecule has 5 aromatic carbocycles. The highest BCUT2D eigenvalue weighted by molar-refractivity contribution is 7.98. The van der Waals surface area contributed by atoms with Gasteiger partial charge in [0, 0.05) is 48.5 Å². The Kier molecular flexibility index (Phi) is 10.7. The average molecular weight is 730 g/mol. The molecule has 0 fully saturated rings. The number of benzene rings is 5. The first-order chi connectivity index (χ1) is 25.0. The van der Waals surface area contributed by atoms with Gasteiger partial charge < -0.3 is 0 Å². The van der Waals surface area contributed by atoms with Crippen LogP contribution in [0.4, 0.5) is 13.2 Å². The molecular weight excluding hydrogens is 695 g/mol. The van der Waals surface area contributed by atoms with E-state index in [2.05, 4.69) is 45.6 Å². The molecule has 3 nitrogen and oxygen atoms in total. The van der Waals surface area contributed by atoms with Gasteiger partial charge in [0.1, 0.15) is 5.82 Å². The molecular formula is C44H35ClF3N3S. The third kappa shape index (κ3) is 7.00. The van der Waals surface area contributed by atoms with Crippen molar-refractivity contribution in [3.63, 3.8) is 0 Å². The van der Waals surface area contributed by atoms with E-state index in [1.165, 1.54) is 36.2 Å². The third-order valence-electron chi connectivity index (χ3n) is 9.62. The van der Waals surface area contributed by atoms with Crippen LogP contribution in [0, 0.1) is 28.5 Å². The van der Waals surface area contributed by atoms with Crippen molar-refractivity contribution in [1.29, 1.82) is 10.5 Å². The SMILES string of the molecule is C=C(CCCC)C(C)(C)c1ccc(-c2cccc(-c3c(-c4c(C#N)cccc4C#N)c4cc(F)ccc4n3Sc3ccc(C(F)F)cc3)c2)c(Cl)c1. The lowest BCUT2D eigenvalue weighted by atomic mass is 9.76. The second-order valence-corrected chi connectivity index (χ2v) is 14.6. The molecule has 0 aliphatic carbocycles. The van der Waals surface area contributed by atoms with Gasteiger partial charge in [-0.1, -0.05) is 99.5 Å². The maximum Gasteiger partial charge on any atom is 0.263 e. The zero-order chi connectivity index (χ0) is 37.2. The van der Waals surface area contributed by atoms with E-state index in [0.717, 1.165) is 41.5 Å². The van der Waals surface area contributed by atoms with Crippen LogP contribution < -0.4 is 0 Å². The molecule has 0 bridgehead atoms. The maximum atomic E-state index is 15.1. The molecule has 1 aromatic heterocycles. The van der Waals surface area contributed by atoms with Crippen LogP contribution in [0.1, 0.15) is 68.7 Å². The fraction of sp³-hybridized carbons (Fsp3) is 0.182. The quantitative estimate of drug-likeness (QED) is 0.125. The van der Waals surface area contributed by atoms with Crippen molar-refractivity contribution in [2.75, 3.05) is 0 Å². The smallest absolute Gasteiger partial charge is 0.263 e. The van der Waals surface area contributed by atoms with Crippen LogP contribution in [0.2, 0.25) is 5.02 Å². The number of rotatable bonds is 11. The Morgan fingerprint density at radius 2 is 1.54 bits per heavy atom. The standard InChI is InChI=1S/C44H35ClF3N3S/c1-5-6-9-27(2)44(3,4)33-16-20-36(38(45)23-33)29-10-7-11-30(22-29)42-41(40-31(25-49)12-8-13-32(40)26-50)37-24-34(46)17-21-39(37)51(42)52-35-18-14-28(15-19-35)43(47)48/h7-8,10-24,43H,2,5-6,9H2,1,3-4H3. The average Bonchev–Trinajstić information content (AvgIpc) is 3.45. The first-order valence-corrected chi connectivity index (χ1v) is 18.1. The van der Waals surface area contributed by atoms with Crippen molar-refractivity contribution in [2.45, 2.75) is 56.8 Å². The highest BCUT2D eigenvalue weighted by atomic mass is 35.5. The minimum Gasteiger partial charge on any atom is -0.279 e. The van der Waals surface area contributed by atoms with Gasteiger partial charge in [0.05, 0.1) is 34.5 Å². The number of nitriles is 2. The fourth-order valence-electron chi connectivity index (χ4n) is 6.51. The minimum absolute atomic E-state index is 0.101. The summed E-state index contributed by atoms with van der Waals surface area (Å²) in [6.07, 6.45) is 0.477. The molecule has 0 saturated heterocycles. The van der Waals surface area contributed by atoms with Crippen LogP contribution in [-0.2, 0) is 5.41 Å². The Morgan fingerprint density at radius 1 is 0.865 bits per heavy atom. The number of hydrogen-bond donors (Lipinski definition) is 0. The predicted molar refractivity (Wildman–Crippen MR) is 207 cm³/mol. The van der Waals surface area contributed by atoms with Crippen LogP contribution in [0.3, 0.4) is 0 Å². The molecule has 0 aliphatic heterocycles. The van der Waals surface area contributed by atoms with Gasteiger partial charge >= 0.3 is 0 Å². The summed E-state index contributed by atoms with van der Waals surface area (Å²) in [7, 11) is 0. The Hall–Kier alpha value is -5.21. The van der Waals surface area contributed by atoms with Crippen molar-refractivity contribution >= 4 is 34.5 Å². The molecule has 260 valence electrons. The lowest BCUT2D eigenvalue weighted by Crippen LogP contribution is -2.19. The van der Waals surface area contributed by atoms with Gasteiger partial charge in [-0.25, -0.2) is 13.2 Å². The number of alkyl halides is 2. The summed E-state index contributed by atoms with van der Waals surface area (Å²) in [6, 6.07) is 33.6. The number of unbranched alkanes of at least 4 members (excludes halogenated alkanes) is 1. The van der Waals surface area contributed by atoms with Gasteiger partial charge in [0.15, 0.2) is 0 Å². The van der Waals surface area contributed by atoms with Crippen LogP contribution in [-0.4, -0.2) is 3.97 Å². The van der Waals surface area contributed by atoms with Crippen molar-refractivity contribution in [1.82, 2.24) is 3.97 Å². The predicted octanol–water partition coefficient (Wildman–Crippen LogP) is 13.7.